The Morgan fingerprint density at radius 2 is 1.96 bits per heavy atom. The zero-order valence-corrected chi connectivity index (χ0v) is 13.7. The van der Waals surface area contributed by atoms with Crippen molar-refractivity contribution in [2.24, 2.45) is 0 Å². The van der Waals surface area contributed by atoms with Crippen LogP contribution in [0.4, 0.5) is 10.1 Å². The zero-order valence-electron chi connectivity index (χ0n) is 12.1. The van der Waals surface area contributed by atoms with Crippen molar-refractivity contribution in [1.82, 2.24) is 5.16 Å². The lowest BCUT2D eigenvalue weighted by Crippen LogP contribution is -2.13. The average Bonchev–Trinajstić information content (AvgIpc) is 2.91. The molecule has 4 nitrogen and oxygen atoms in total. The molecular formula is C17H12BrFN2O2. The number of carbonyl (C=O) groups excluding carboxylic acids is 1. The van der Waals surface area contributed by atoms with Gasteiger partial charge in [0.15, 0.2) is 0 Å². The molecule has 0 unspecified atom stereocenters. The second-order valence-electron chi connectivity index (χ2n) is 4.93. The van der Waals surface area contributed by atoms with Gasteiger partial charge in [-0.1, -0.05) is 33.2 Å². The fourth-order valence-electron chi connectivity index (χ4n) is 2.20. The fourth-order valence-corrected chi connectivity index (χ4v) is 2.46. The number of benzene rings is 2. The van der Waals surface area contributed by atoms with Gasteiger partial charge in [0.25, 0.3) is 5.91 Å². The lowest BCUT2D eigenvalue weighted by molar-refractivity contribution is 0.102. The van der Waals surface area contributed by atoms with E-state index in [1.165, 1.54) is 12.1 Å². The smallest absolute Gasteiger partial charge is 0.261 e. The first kappa shape index (κ1) is 15.4. The summed E-state index contributed by atoms with van der Waals surface area (Å²) in [6, 6.07) is 13.1. The monoisotopic (exact) mass is 374 g/mol. The molecule has 0 aliphatic carbocycles. The van der Waals surface area contributed by atoms with E-state index in [2.05, 4.69) is 26.4 Å². The maximum atomic E-state index is 13.4. The summed E-state index contributed by atoms with van der Waals surface area (Å²) in [5, 5.41) is 6.68. The number of rotatable bonds is 3. The van der Waals surface area contributed by atoms with Crippen LogP contribution in [0.1, 0.15) is 16.1 Å². The Hall–Kier alpha value is -2.47. The predicted octanol–water partition coefficient (Wildman–Crippen LogP) is 4.80. The van der Waals surface area contributed by atoms with Crippen molar-refractivity contribution in [2.45, 2.75) is 6.92 Å². The Morgan fingerprint density at radius 3 is 2.65 bits per heavy atom. The third kappa shape index (κ3) is 3.32. The minimum atomic E-state index is -0.401. The number of nitrogens with one attached hydrogen (secondary N) is 1. The van der Waals surface area contributed by atoms with Gasteiger partial charge in [-0.2, -0.15) is 0 Å². The molecule has 0 aliphatic heterocycles. The van der Waals surface area contributed by atoms with Crippen LogP contribution in [0.15, 0.2) is 57.5 Å². The number of carbonyl (C=O) groups is 1. The topological polar surface area (TPSA) is 55.1 Å². The molecule has 1 amide bonds. The number of halogens is 2. The number of hydrogen-bond donors (Lipinski definition) is 1. The highest BCUT2D eigenvalue weighted by Crippen LogP contribution is 2.26. The van der Waals surface area contributed by atoms with E-state index in [0.29, 0.717) is 28.3 Å². The van der Waals surface area contributed by atoms with Crippen LogP contribution in [0.2, 0.25) is 0 Å². The first-order chi connectivity index (χ1) is 11.0. The molecule has 1 N–H and O–H groups in total. The molecule has 116 valence electrons. The standard InChI is InChI=1S/C17H12BrFN2O2/c1-10-15(17(22)20-14-7-5-12(18)6-8-14)16(21-23-10)11-3-2-4-13(19)9-11/h2-9H,1H3,(H,20,22). The number of aromatic nitrogens is 1. The lowest BCUT2D eigenvalue weighted by Gasteiger charge is -2.06. The SMILES string of the molecule is Cc1onc(-c2cccc(F)c2)c1C(=O)Nc1ccc(Br)cc1. The van der Waals surface area contributed by atoms with Gasteiger partial charge in [0.1, 0.15) is 22.8 Å². The molecule has 2 aromatic carbocycles. The Labute approximate surface area is 140 Å². The van der Waals surface area contributed by atoms with Crippen LogP contribution < -0.4 is 5.32 Å². The van der Waals surface area contributed by atoms with Crippen molar-refractivity contribution < 1.29 is 13.7 Å². The molecule has 6 heteroatoms. The van der Waals surface area contributed by atoms with Crippen LogP contribution >= 0.6 is 15.9 Å². The first-order valence-corrected chi connectivity index (χ1v) is 7.63. The molecule has 1 heterocycles. The van der Waals surface area contributed by atoms with E-state index in [1.54, 1.807) is 31.2 Å². The van der Waals surface area contributed by atoms with Crippen LogP contribution in [-0.2, 0) is 0 Å². The van der Waals surface area contributed by atoms with Gasteiger partial charge in [-0.05, 0) is 43.3 Å². The third-order valence-corrected chi connectivity index (χ3v) is 3.82. The van der Waals surface area contributed by atoms with Gasteiger partial charge in [-0.3, -0.25) is 4.79 Å². The summed E-state index contributed by atoms with van der Waals surface area (Å²) in [6.07, 6.45) is 0. The summed E-state index contributed by atoms with van der Waals surface area (Å²) in [5.74, 6) is -0.383. The van der Waals surface area contributed by atoms with Gasteiger partial charge < -0.3 is 9.84 Å². The number of nitrogens with zero attached hydrogens (tertiary/aromatic N) is 1. The van der Waals surface area contributed by atoms with Gasteiger partial charge in [0.2, 0.25) is 0 Å². The number of anilines is 1. The Balaban J connectivity index is 1.95. The molecule has 1 aromatic heterocycles. The Bertz CT molecular complexity index is 859. The highest BCUT2D eigenvalue weighted by atomic mass is 79.9. The van der Waals surface area contributed by atoms with E-state index < -0.39 is 5.82 Å². The van der Waals surface area contributed by atoms with Gasteiger partial charge in [0, 0.05) is 15.7 Å². The minimum absolute atomic E-state index is 0.290. The minimum Gasteiger partial charge on any atom is -0.360 e. The van der Waals surface area contributed by atoms with Crippen molar-refractivity contribution in [1.29, 1.82) is 0 Å². The summed E-state index contributed by atoms with van der Waals surface area (Å²) in [7, 11) is 0. The predicted molar refractivity (Wildman–Crippen MR) is 88.7 cm³/mol. The number of amides is 1. The third-order valence-electron chi connectivity index (χ3n) is 3.29. The van der Waals surface area contributed by atoms with Gasteiger partial charge in [-0.15, -0.1) is 0 Å². The van der Waals surface area contributed by atoms with Crippen LogP contribution in [0.5, 0.6) is 0 Å². The van der Waals surface area contributed by atoms with Gasteiger partial charge in [-0.25, -0.2) is 4.39 Å². The first-order valence-electron chi connectivity index (χ1n) is 6.84. The number of hydrogen-bond acceptors (Lipinski definition) is 3. The molecule has 0 saturated carbocycles. The average molecular weight is 375 g/mol. The lowest BCUT2D eigenvalue weighted by atomic mass is 10.1. The summed E-state index contributed by atoms with van der Waals surface area (Å²) >= 11 is 3.34. The van der Waals surface area contributed by atoms with E-state index >= 15 is 0 Å². The Morgan fingerprint density at radius 1 is 1.22 bits per heavy atom. The van der Waals surface area contributed by atoms with Crippen LogP contribution in [0.3, 0.4) is 0 Å². The quantitative estimate of drug-likeness (QED) is 0.715. The Kier molecular flexibility index (Phi) is 4.25. The van der Waals surface area contributed by atoms with E-state index in [9.17, 15) is 9.18 Å². The molecule has 0 saturated heterocycles. The van der Waals surface area contributed by atoms with Crippen LogP contribution in [0, 0.1) is 12.7 Å². The highest BCUT2D eigenvalue weighted by Gasteiger charge is 2.22. The number of aryl methyl sites for hydroxylation is 1. The van der Waals surface area contributed by atoms with Crippen molar-refractivity contribution >= 4 is 27.5 Å². The van der Waals surface area contributed by atoms with E-state index in [0.717, 1.165) is 4.47 Å². The van der Waals surface area contributed by atoms with Crippen molar-refractivity contribution in [2.75, 3.05) is 5.32 Å². The normalized spacial score (nSPS) is 10.6. The van der Waals surface area contributed by atoms with Crippen LogP contribution in [-0.4, -0.2) is 11.1 Å². The highest BCUT2D eigenvalue weighted by molar-refractivity contribution is 9.10. The second-order valence-corrected chi connectivity index (χ2v) is 5.85. The summed E-state index contributed by atoms with van der Waals surface area (Å²) < 4.78 is 19.5. The molecule has 3 aromatic rings. The molecule has 0 fully saturated rings. The van der Waals surface area contributed by atoms with E-state index in [4.69, 9.17) is 4.52 Å². The molecule has 0 atom stereocenters. The molecule has 0 aliphatic rings. The zero-order chi connectivity index (χ0) is 16.4. The second kappa shape index (κ2) is 6.34. The van der Waals surface area contributed by atoms with E-state index in [1.807, 2.05) is 12.1 Å². The maximum Gasteiger partial charge on any atom is 0.261 e. The fraction of sp³-hybridized carbons (Fsp3) is 0.0588. The van der Waals surface area contributed by atoms with Crippen LogP contribution in [0.25, 0.3) is 11.3 Å². The molecule has 23 heavy (non-hydrogen) atoms. The maximum absolute atomic E-state index is 13.4. The summed E-state index contributed by atoms with van der Waals surface area (Å²) in [4.78, 5) is 12.5. The molecule has 3 rings (SSSR count). The van der Waals surface area contributed by atoms with Gasteiger partial charge in [0.05, 0.1) is 0 Å². The largest absolute Gasteiger partial charge is 0.360 e. The molecule has 0 spiro atoms. The van der Waals surface area contributed by atoms with Crippen molar-refractivity contribution in [3.63, 3.8) is 0 Å². The van der Waals surface area contributed by atoms with Crippen molar-refractivity contribution in [3.8, 4) is 11.3 Å². The summed E-state index contributed by atoms with van der Waals surface area (Å²) in [6.45, 7) is 1.65. The summed E-state index contributed by atoms with van der Waals surface area (Å²) in [5.41, 5.74) is 1.74. The van der Waals surface area contributed by atoms with Gasteiger partial charge >= 0.3 is 0 Å². The molecular weight excluding hydrogens is 363 g/mol. The molecule has 0 radical (unpaired) electrons. The molecule has 0 bridgehead atoms. The van der Waals surface area contributed by atoms with Crippen molar-refractivity contribution in [3.05, 3.63) is 70.1 Å². The van der Waals surface area contributed by atoms with E-state index in [-0.39, 0.29) is 5.91 Å².